The summed E-state index contributed by atoms with van der Waals surface area (Å²) in [5.41, 5.74) is 0.641. The minimum Gasteiger partial charge on any atom is -0.381 e. The van der Waals surface area contributed by atoms with E-state index in [2.05, 4.69) is 5.32 Å². The van der Waals surface area contributed by atoms with Crippen LogP contribution in [-0.4, -0.2) is 25.8 Å². The van der Waals surface area contributed by atoms with Gasteiger partial charge in [0.1, 0.15) is 0 Å². The van der Waals surface area contributed by atoms with Crippen molar-refractivity contribution in [1.82, 2.24) is 5.32 Å². The second-order valence-electron chi connectivity index (χ2n) is 4.75. The molecule has 2 atom stereocenters. The van der Waals surface area contributed by atoms with Gasteiger partial charge in [-0.3, -0.25) is 0 Å². The molecule has 1 N–H and O–H groups in total. The molecule has 0 aromatic heterocycles. The Bertz CT molecular complexity index is 182. The van der Waals surface area contributed by atoms with Crippen molar-refractivity contribution in [2.24, 2.45) is 11.3 Å². The Morgan fingerprint density at radius 2 is 2.33 bits per heavy atom. The predicted octanol–water partition coefficient (Wildman–Crippen LogP) is 1.17. The van der Waals surface area contributed by atoms with Crippen LogP contribution in [0.5, 0.6) is 0 Å². The van der Waals surface area contributed by atoms with E-state index in [0.717, 1.165) is 25.2 Å². The van der Waals surface area contributed by atoms with E-state index in [0.29, 0.717) is 5.41 Å². The lowest BCUT2D eigenvalue weighted by molar-refractivity contribution is 0.178. The van der Waals surface area contributed by atoms with E-state index < -0.39 is 0 Å². The van der Waals surface area contributed by atoms with E-state index in [9.17, 15) is 0 Å². The van der Waals surface area contributed by atoms with Crippen molar-refractivity contribution in [2.45, 2.75) is 31.7 Å². The maximum atomic E-state index is 5.45. The van der Waals surface area contributed by atoms with Crippen molar-refractivity contribution in [1.29, 1.82) is 0 Å². The summed E-state index contributed by atoms with van der Waals surface area (Å²) in [7, 11) is 0. The molecule has 1 spiro atoms. The Morgan fingerprint density at radius 1 is 1.42 bits per heavy atom. The lowest BCUT2D eigenvalue weighted by Crippen LogP contribution is -2.21. The molecular formula is C10H17NO. The molecule has 1 saturated heterocycles. The average molecular weight is 167 g/mol. The molecule has 2 unspecified atom stereocenters. The molecule has 0 radical (unpaired) electrons. The van der Waals surface area contributed by atoms with Crippen molar-refractivity contribution >= 4 is 0 Å². The third-order valence-corrected chi connectivity index (χ3v) is 3.72. The quantitative estimate of drug-likeness (QED) is 0.681. The van der Waals surface area contributed by atoms with Crippen LogP contribution < -0.4 is 5.32 Å². The molecule has 2 aliphatic carbocycles. The minimum absolute atomic E-state index is 0.641. The number of rotatable bonds is 3. The third-order valence-electron chi connectivity index (χ3n) is 3.72. The van der Waals surface area contributed by atoms with Gasteiger partial charge in [0.2, 0.25) is 0 Å². The Kier molecular flexibility index (Phi) is 1.50. The number of hydrogen-bond acceptors (Lipinski definition) is 2. The topological polar surface area (TPSA) is 21.3 Å². The molecule has 1 aliphatic heterocycles. The van der Waals surface area contributed by atoms with Gasteiger partial charge in [0.25, 0.3) is 0 Å². The van der Waals surface area contributed by atoms with E-state index in [-0.39, 0.29) is 0 Å². The fourth-order valence-corrected chi connectivity index (χ4v) is 2.42. The second-order valence-corrected chi connectivity index (χ2v) is 4.75. The zero-order valence-corrected chi connectivity index (χ0v) is 7.51. The Hall–Kier alpha value is -0.0800. The highest BCUT2D eigenvalue weighted by Crippen LogP contribution is 2.57. The van der Waals surface area contributed by atoms with Crippen LogP contribution >= 0.6 is 0 Å². The van der Waals surface area contributed by atoms with Gasteiger partial charge >= 0.3 is 0 Å². The van der Waals surface area contributed by atoms with Gasteiger partial charge in [0.15, 0.2) is 0 Å². The molecule has 0 amide bonds. The highest BCUT2D eigenvalue weighted by molar-refractivity contribution is 5.05. The maximum absolute atomic E-state index is 5.45. The van der Waals surface area contributed by atoms with Gasteiger partial charge in [0, 0.05) is 18.1 Å². The van der Waals surface area contributed by atoms with Crippen LogP contribution in [0.4, 0.5) is 0 Å². The highest BCUT2D eigenvalue weighted by atomic mass is 16.5. The molecule has 0 aromatic rings. The molecular weight excluding hydrogens is 150 g/mol. The maximum Gasteiger partial charge on any atom is 0.0526 e. The lowest BCUT2D eigenvalue weighted by atomic mass is 10.0. The van der Waals surface area contributed by atoms with E-state index in [1.165, 1.54) is 32.2 Å². The van der Waals surface area contributed by atoms with Crippen molar-refractivity contribution in [3.05, 3.63) is 0 Å². The molecule has 0 aromatic carbocycles. The second kappa shape index (κ2) is 2.46. The molecule has 3 aliphatic rings. The summed E-state index contributed by atoms with van der Waals surface area (Å²) in [5.74, 6) is 0.945. The fraction of sp³-hybridized carbons (Fsp3) is 1.00. The van der Waals surface area contributed by atoms with Crippen LogP contribution in [0.1, 0.15) is 25.7 Å². The van der Waals surface area contributed by atoms with Gasteiger partial charge in [-0.05, 0) is 38.1 Å². The van der Waals surface area contributed by atoms with Gasteiger partial charge < -0.3 is 10.1 Å². The smallest absolute Gasteiger partial charge is 0.0526 e. The van der Waals surface area contributed by atoms with Crippen molar-refractivity contribution in [3.63, 3.8) is 0 Å². The van der Waals surface area contributed by atoms with E-state index >= 15 is 0 Å². The van der Waals surface area contributed by atoms with Crippen LogP contribution in [0.2, 0.25) is 0 Å². The number of hydrogen-bond donors (Lipinski definition) is 1. The first-order valence-electron chi connectivity index (χ1n) is 5.20. The molecule has 68 valence electrons. The van der Waals surface area contributed by atoms with Gasteiger partial charge in [0.05, 0.1) is 6.61 Å². The zero-order chi connectivity index (χ0) is 8.02. The zero-order valence-electron chi connectivity index (χ0n) is 7.51. The SMILES string of the molecule is C1CC2(CO1)CC2CNC1CC1. The van der Waals surface area contributed by atoms with Crippen LogP contribution in [0, 0.1) is 11.3 Å². The minimum atomic E-state index is 0.641. The first-order valence-corrected chi connectivity index (χ1v) is 5.20. The summed E-state index contributed by atoms with van der Waals surface area (Å²) in [5, 5.41) is 3.61. The molecule has 12 heavy (non-hydrogen) atoms. The Morgan fingerprint density at radius 3 is 3.00 bits per heavy atom. The molecule has 2 saturated carbocycles. The van der Waals surface area contributed by atoms with Crippen LogP contribution in [0.15, 0.2) is 0 Å². The Balaban J connectivity index is 1.47. The van der Waals surface area contributed by atoms with Crippen molar-refractivity contribution < 1.29 is 4.74 Å². The normalized spacial score (nSPS) is 45.5. The first kappa shape index (κ1) is 7.34. The molecule has 2 nitrogen and oxygen atoms in total. The van der Waals surface area contributed by atoms with Crippen molar-refractivity contribution in [3.8, 4) is 0 Å². The van der Waals surface area contributed by atoms with Crippen LogP contribution in [0.3, 0.4) is 0 Å². The van der Waals surface area contributed by atoms with Gasteiger partial charge in [-0.25, -0.2) is 0 Å². The first-order chi connectivity index (χ1) is 5.89. The van der Waals surface area contributed by atoms with Gasteiger partial charge in [-0.15, -0.1) is 0 Å². The highest BCUT2D eigenvalue weighted by Gasteiger charge is 2.55. The van der Waals surface area contributed by atoms with E-state index in [1.807, 2.05) is 0 Å². The summed E-state index contributed by atoms with van der Waals surface area (Å²) in [6, 6.07) is 0.880. The molecule has 2 heteroatoms. The monoisotopic (exact) mass is 167 g/mol. The third kappa shape index (κ3) is 1.17. The summed E-state index contributed by atoms with van der Waals surface area (Å²) in [6.45, 7) is 3.32. The average Bonchev–Trinajstić information content (AvgIpc) is 2.90. The largest absolute Gasteiger partial charge is 0.381 e. The predicted molar refractivity (Wildman–Crippen MR) is 47.0 cm³/mol. The fourth-order valence-electron chi connectivity index (χ4n) is 2.42. The number of ether oxygens (including phenoxy) is 1. The van der Waals surface area contributed by atoms with E-state index in [4.69, 9.17) is 4.74 Å². The lowest BCUT2D eigenvalue weighted by Gasteiger charge is -2.06. The van der Waals surface area contributed by atoms with Gasteiger partial charge in [-0.2, -0.15) is 0 Å². The summed E-state index contributed by atoms with van der Waals surface area (Å²) >= 11 is 0. The van der Waals surface area contributed by atoms with Crippen LogP contribution in [0.25, 0.3) is 0 Å². The van der Waals surface area contributed by atoms with Crippen molar-refractivity contribution in [2.75, 3.05) is 19.8 Å². The van der Waals surface area contributed by atoms with Gasteiger partial charge in [-0.1, -0.05) is 0 Å². The molecule has 3 fully saturated rings. The molecule has 0 bridgehead atoms. The molecule has 1 heterocycles. The van der Waals surface area contributed by atoms with Crippen LogP contribution in [-0.2, 0) is 4.74 Å². The molecule has 3 rings (SSSR count). The summed E-state index contributed by atoms with van der Waals surface area (Å²) < 4.78 is 5.45. The summed E-state index contributed by atoms with van der Waals surface area (Å²) in [6.07, 6.45) is 5.57. The Labute approximate surface area is 73.7 Å². The standard InChI is InChI=1S/C10H17NO/c1-2-9(1)11-6-8-5-10(8)3-4-12-7-10/h8-9,11H,1-7H2. The summed E-state index contributed by atoms with van der Waals surface area (Å²) in [4.78, 5) is 0. The number of nitrogens with one attached hydrogen (secondary N) is 1. The van der Waals surface area contributed by atoms with E-state index in [1.54, 1.807) is 0 Å².